The summed E-state index contributed by atoms with van der Waals surface area (Å²) in [6.45, 7) is 3.98. The van der Waals surface area contributed by atoms with Crippen molar-refractivity contribution in [3.63, 3.8) is 0 Å². The highest BCUT2D eigenvalue weighted by atomic mass is 32.2. The van der Waals surface area contributed by atoms with Gasteiger partial charge in [-0.3, -0.25) is 0 Å². The van der Waals surface area contributed by atoms with E-state index in [-0.39, 0.29) is 5.54 Å². The van der Waals surface area contributed by atoms with Gasteiger partial charge in [-0.15, -0.1) is 0 Å². The Morgan fingerprint density at radius 1 is 1.08 bits per heavy atom. The molecule has 0 radical (unpaired) electrons. The molecule has 3 heterocycles. The highest BCUT2D eigenvalue weighted by molar-refractivity contribution is 7.99. The second-order valence-electron chi connectivity index (χ2n) is 6.64. The van der Waals surface area contributed by atoms with E-state index in [9.17, 15) is 0 Å². The molecule has 2 aromatic heterocycles. The highest BCUT2D eigenvalue weighted by Gasteiger charge is 2.27. The monoisotopic (exact) mass is 339 g/mol. The van der Waals surface area contributed by atoms with Crippen LogP contribution < -0.4 is 10.6 Å². The number of benzene rings is 1. The second-order valence-corrected chi connectivity index (χ2v) is 7.73. The zero-order chi connectivity index (χ0) is 16.6. The molecule has 3 N–H and O–H groups in total. The molecule has 1 saturated heterocycles. The Morgan fingerprint density at radius 2 is 1.83 bits per heavy atom. The van der Waals surface area contributed by atoms with Gasteiger partial charge in [-0.25, -0.2) is 4.98 Å². The summed E-state index contributed by atoms with van der Waals surface area (Å²) in [5.74, 6) is 0.898. The van der Waals surface area contributed by atoms with Crippen molar-refractivity contribution in [2.45, 2.75) is 35.2 Å². The van der Waals surface area contributed by atoms with Crippen LogP contribution in [0.1, 0.15) is 19.8 Å². The van der Waals surface area contributed by atoms with Crippen LogP contribution in [0.3, 0.4) is 0 Å². The van der Waals surface area contributed by atoms with E-state index < -0.39 is 0 Å². The number of pyridine rings is 1. The van der Waals surface area contributed by atoms with E-state index >= 15 is 0 Å². The Morgan fingerprint density at radius 3 is 2.58 bits per heavy atom. The minimum Gasteiger partial charge on any atom is -0.342 e. The first-order chi connectivity index (χ1) is 11.6. The largest absolute Gasteiger partial charge is 0.342 e. The molecule has 1 aliphatic heterocycles. The number of nitrogens with zero attached hydrogens (tertiary/aromatic N) is 3. The standard InChI is InChI=1S/C18H21N5S/c1-18(19)9-11-23(12-10-18)17-20-14-7-8-15(21-16(14)22-17)24-13-5-3-2-4-6-13/h2-8H,9-12,19H2,1H3,(H,20,21,22). The van der Waals surface area contributed by atoms with Gasteiger partial charge < -0.3 is 15.6 Å². The molecule has 3 aromatic rings. The Labute approximate surface area is 145 Å². The third-order valence-corrected chi connectivity index (χ3v) is 5.42. The molecule has 1 aliphatic rings. The van der Waals surface area contributed by atoms with Crippen LogP contribution in [0, 0.1) is 0 Å². The van der Waals surface area contributed by atoms with Crippen LogP contribution in [0.25, 0.3) is 11.2 Å². The number of hydrogen-bond acceptors (Lipinski definition) is 5. The molecule has 124 valence electrons. The molecule has 4 rings (SSSR count). The van der Waals surface area contributed by atoms with Gasteiger partial charge in [0.05, 0.1) is 5.52 Å². The van der Waals surface area contributed by atoms with Crippen molar-refractivity contribution in [2.75, 3.05) is 18.0 Å². The first-order valence-corrected chi connectivity index (χ1v) is 9.04. The predicted octanol–water partition coefficient (Wildman–Crippen LogP) is 3.43. The number of piperidine rings is 1. The molecule has 1 fully saturated rings. The second kappa shape index (κ2) is 6.11. The number of fused-ring (bicyclic) bond motifs is 1. The van der Waals surface area contributed by atoms with Crippen molar-refractivity contribution >= 4 is 28.9 Å². The van der Waals surface area contributed by atoms with Gasteiger partial charge >= 0.3 is 0 Å². The van der Waals surface area contributed by atoms with Crippen molar-refractivity contribution in [1.82, 2.24) is 15.0 Å². The maximum atomic E-state index is 6.21. The zero-order valence-electron chi connectivity index (χ0n) is 13.7. The first kappa shape index (κ1) is 15.5. The highest BCUT2D eigenvalue weighted by Crippen LogP contribution is 2.28. The van der Waals surface area contributed by atoms with Gasteiger partial charge in [0.1, 0.15) is 5.03 Å². The van der Waals surface area contributed by atoms with E-state index in [0.717, 1.165) is 48.1 Å². The van der Waals surface area contributed by atoms with Crippen molar-refractivity contribution < 1.29 is 0 Å². The fourth-order valence-corrected chi connectivity index (χ4v) is 3.71. The number of nitrogens with two attached hydrogens (primary N) is 1. The molecule has 24 heavy (non-hydrogen) atoms. The maximum absolute atomic E-state index is 6.21. The lowest BCUT2D eigenvalue weighted by molar-refractivity contribution is 0.362. The van der Waals surface area contributed by atoms with Gasteiger partial charge in [0.15, 0.2) is 5.65 Å². The number of aromatic nitrogens is 3. The lowest BCUT2D eigenvalue weighted by Crippen LogP contribution is -2.48. The van der Waals surface area contributed by atoms with E-state index in [2.05, 4.69) is 40.0 Å². The Balaban J connectivity index is 1.55. The summed E-state index contributed by atoms with van der Waals surface area (Å²) in [6.07, 6.45) is 1.96. The van der Waals surface area contributed by atoms with Gasteiger partial charge in [-0.05, 0) is 44.0 Å². The SMILES string of the molecule is CC1(N)CCN(c2nc3nc(Sc4ccccc4)ccc3[nH]2)CC1. The molecular weight excluding hydrogens is 318 g/mol. The number of imidazole rings is 1. The number of anilines is 1. The summed E-state index contributed by atoms with van der Waals surface area (Å²) in [4.78, 5) is 16.2. The molecular formula is C18H21N5S. The summed E-state index contributed by atoms with van der Waals surface area (Å²) >= 11 is 1.65. The molecule has 0 spiro atoms. The Bertz CT molecular complexity index is 833. The van der Waals surface area contributed by atoms with Crippen molar-refractivity contribution in [3.8, 4) is 0 Å². The van der Waals surface area contributed by atoms with E-state index in [0.29, 0.717) is 0 Å². The maximum Gasteiger partial charge on any atom is 0.205 e. The first-order valence-electron chi connectivity index (χ1n) is 8.23. The van der Waals surface area contributed by atoms with Crippen molar-refractivity contribution in [1.29, 1.82) is 0 Å². The molecule has 5 nitrogen and oxygen atoms in total. The van der Waals surface area contributed by atoms with Gasteiger partial charge in [-0.2, -0.15) is 4.98 Å². The summed E-state index contributed by atoms with van der Waals surface area (Å²) in [7, 11) is 0. The number of rotatable bonds is 3. The summed E-state index contributed by atoms with van der Waals surface area (Å²) in [5, 5.41) is 0.958. The summed E-state index contributed by atoms with van der Waals surface area (Å²) in [6, 6.07) is 14.4. The predicted molar refractivity (Wildman–Crippen MR) is 98.5 cm³/mol. The van der Waals surface area contributed by atoms with E-state index in [4.69, 9.17) is 10.7 Å². The van der Waals surface area contributed by atoms with Crippen LogP contribution in [0.15, 0.2) is 52.4 Å². The minimum atomic E-state index is -0.0553. The zero-order valence-corrected chi connectivity index (χ0v) is 14.5. The van der Waals surface area contributed by atoms with Crippen molar-refractivity contribution in [2.24, 2.45) is 5.73 Å². The molecule has 0 bridgehead atoms. The average Bonchev–Trinajstić information content (AvgIpc) is 2.99. The van der Waals surface area contributed by atoms with Gasteiger partial charge in [0, 0.05) is 23.5 Å². The fourth-order valence-electron chi connectivity index (χ4n) is 2.91. The molecule has 0 atom stereocenters. The normalized spacial score (nSPS) is 17.3. The number of nitrogens with one attached hydrogen (secondary N) is 1. The average molecular weight is 339 g/mol. The third kappa shape index (κ3) is 3.25. The van der Waals surface area contributed by atoms with Crippen LogP contribution in [0.5, 0.6) is 0 Å². The minimum absolute atomic E-state index is 0.0553. The van der Waals surface area contributed by atoms with E-state index in [1.54, 1.807) is 11.8 Å². The van der Waals surface area contributed by atoms with E-state index in [1.807, 2.05) is 24.3 Å². The van der Waals surface area contributed by atoms with Gasteiger partial charge in [0.25, 0.3) is 0 Å². The molecule has 1 aromatic carbocycles. The Hall–Kier alpha value is -2.05. The van der Waals surface area contributed by atoms with Gasteiger partial charge in [0.2, 0.25) is 5.95 Å². The Kier molecular flexibility index (Phi) is 3.94. The molecule has 0 amide bonds. The summed E-state index contributed by atoms with van der Waals surface area (Å²) < 4.78 is 0. The molecule has 0 saturated carbocycles. The quantitative estimate of drug-likeness (QED) is 0.765. The lowest BCUT2D eigenvalue weighted by atomic mass is 9.91. The third-order valence-electron chi connectivity index (χ3n) is 4.48. The number of hydrogen-bond donors (Lipinski definition) is 2. The number of H-pyrrole nitrogens is 1. The number of aromatic amines is 1. The van der Waals surface area contributed by atoms with Crippen LogP contribution in [0.4, 0.5) is 5.95 Å². The van der Waals surface area contributed by atoms with Crippen molar-refractivity contribution in [3.05, 3.63) is 42.5 Å². The van der Waals surface area contributed by atoms with E-state index in [1.165, 1.54) is 4.90 Å². The molecule has 6 heteroatoms. The van der Waals surface area contributed by atoms with Crippen LogP contribution in [-0.4, -0.2) is 33.6 Å². The molecule has 0 unspecified atom stereocenters. The summed E-state index contributed by atoms with van der Waals surface area (Å²) in [5.41, 5.74) is 7.90. The van der Waals surface area contributed by atoms with Crippen LogP contribution in [0.2, 0.25) is 0 Å². The smallest absolute Gasteiger partial charge is 0.205 e. The molecule has 0 aliphatic carbocycles. The topological polar surface area (TPSA) is 70.8 Å². The van der Waals surface area contributed by atoms with Crippen LogP contribution >= 0.6 is 11.8 Å². The lowest BCUT2D eigenvalue weighted by Gasteiger charge is -2.36. The fraction of sp³-hybridized carbons (Fsp3) is 0.333. The van der Waals surface area contributed by atoms with Crippen LogP contribution in [-0.2, 0) is 0 Å². The van der Waals surface area contributed by atoms with Gasteiger partial charge in [-0.1, -0.05) is 30.0 Å².